The monoisotopic (exact) mass is 254 g/mol. The number of amides is 1. The van der Waals surface area contributed by atoms with E-state index in [0.717, 1.165) is 32.4 Å². The zero-order chi connectivity index (χ0) is 12.8. The Bertz CT molecular complexity index is 346. The first-order chi connectivity index (χ1) is 8.56. The molecule has 0 aromatic carbocycles. The van der Waals surface area contributed by atoms with Gasteiger partial charge in [0.1, 0.15) is 0 Å². The Labute approximate surface area is 108 Å². The molecule has 2 saturated heterocycles. The zero-order valence-corrected chi connectivity index (χ0v) is 11.3. The average molecular weight is 254 g/mol. The molecule has 0 atom stereocenters. The van der Waals surface area contributed by atoms with Crippen molar-refractivity contribution in [3.8, 4) is 0 Å². The van der Waals surface area contributed by atoms with E-state index >= 15 is 0 Å². The lowest BCUT2D eigenvalue weighted by Crippen LogP contribution is -2.57. The summed E-state index contributed by atoms with van der Waals surface area (Å²) in [5, 5.41) is 0. The predicted molar refractivity (Wildman–Crippen MR) is 68.1 cm³/mol. The highest BCUT2D eigenvalue weighted by Crippen LogP contribution is 2.41. The summed E-state index contributed by atoms with van der Waals surface area (Å²) in [5.74, 6) is -0.232. The summed E-state index contributed by atoms with van der Waals surface area (Å²) in [5.41, 5.74) is -1.20. The van der Waals surface area contributed by atoms with Crippen LogP contribution in [0.2, 0.25) is 0 Å². The zero-order valence-electron chi connectivity index (χ0n) is 11.3. The van der Waals surface area contributed by atoms with Gasteiger partial charge in [-0.2, -0.15) is 0 Å². The minimum atomic E-state index is -1.51. The molecule has 18 heavy (non-hydrogen) atoms. The largest absolute Gasteiger partial charge is 0.340 e. The lowest BCUT2D eigenvalue weighted by molar-refractivity contribution is -0.152. The molecule has 1 saturated carbocycles. The SMILES string of the molecule is CN1CCCC12CCN(C(=O)C1(F)CCC1)CC2. The second kappa shape index (κ2) is 4.19. The molecule has 2 aliphatic heterocycles. The van der Waals surface area contributed by atoms with Crippen molar-refractivity contribution in [3.05, 3.63) is 0 Å². The van der Waals surface area contributed by atoms with E-state index in [-0.39, 0.29) is 5.91 Å². The van der Waals surface area contributed by atoms with Crippen LogP contribution < -0.4 is 0 Å². The summed E-state index contributed by atoms with van der Waals surface area (Å²) >= 11 is 0. The summed E-state index contributed by atoms with van der Waals surface area (Å²) < 4.78 is 14.1. The van der Waals surface area contributed by atoms with Gasteiger partial charge in [0.2, 0.25) is 0 Å². The molecule has 4 heteroatoms. The molecule has 102 valence electrons. The van der Waals surface area contributed by atoms with Gasteiger partial charge in [-0.15, -0.1) is 0 Å². The Morgan fingerprint density at radius 2 is 1.67 bits per heavy atom. The van der Waals surface area contributed by atoms with Crippen molar-refractivity contribution >= 4 is 5.91 Å². The van der Waals surface area contributed by atoms with Crippen molar-refractivity contribution in [2.75, 3.05) is 26.7 Å². The molecule has 1 spiro atoms. The van der Waals surface area contributed by atoms with Gasteiger partial charge in [0.25, 0.3) is 5.91 Å². The van der Waals surface area contributed by atoms with Gasteiger partial charge in [-0.05, 0) is 58.5 Å². The Hall–Kier alpha value is -0.640. The van der Waals surface area contributed by atoms with Crippen LogP contribution in [0.25, 0.3) is 0 Å². The number of hydrogen-bond acceptors (Lipinski definition) is 2. The maximum Gasteiger partial charge on any atom is 0.260 e. The maximum atomic E-state index is 14.1. The Balaban J connectivity index is 1.61. The predicted octanol–water partition coefficient (Wildman–Crippen LogP) is 1.97. The van der Waals surface area contributed by atoms with Crippen molar-refractivity contribution in [1.82, 2.24) is 9.80 Å². The van der Waals surface area contributed by atoms with E-state index in [1.54, 1.807) is 4.90 Å². The van der Waals surface area contributed by atoms with Crippen LogP contribution >= 0.6 is 0 Å². The van der Waals surface area contributed by atoms with Crippen LogP contribution in [-0.4, -0.2) is 53.6 Å². The first kappa shape index (κ1) is 12.4. The normalized spacial score (nSPS) is 30.4. The average Bonchev–Trinajstić information content (AvgIpc) is 2.68. The molecule has 0 unspecified atom stereocenters. The van der Waals surface area contributed by atoms with Gasteiger partial charge in [-0.25, -0.2) is 4.39 Å². The number of rotatable bonds is 1. The van der Waals surface area contributed by atoms with Crippen molar-refractivity contribution < 1.29 is 9.18 Å². The van der Waals surface area contributed by atoms with Gasteiger partial charge < -0.3 is 9.80 Å². The topological polar surface area (TPSA) is 23.6 Å². The number of carbonyl (C=O) groups is 1. The number of carbonyl (C=O) groups excluding carboxylic acids is 1. The van der Waals surface area contributed by atoms with Gasteiger partial charge >= 0.3 is 0 Å². The van der Waals surface area contributed by atoms with Gasteiger partial charge in [0.05, 0.1) is 0 Å². The standard InChI is InChI=1S/C14H23FN2O/c1-16-9-3-4-13(16)7-10-17(11-8-13)12(18)14(15)5-2-6-14/h2-11H2,1H3. The van der Waals surface area contributed by atoms with E-state index in [0.29, 0.717) is 18.4 Å². The third-order valence-corrected chi connectivity index (χ3v) is 5.46. The van der Waals surface area contributed by atoms with Crippen LogP contribution in [0.4, 0.5) is 4.39 Å². The Morgan fingerprint density at radius 1 is 1.00 bits per heavy atom. The van der Waals surface area contributed by atoms with Crippen molar-refractivity contribution in [1.29, 1.82) is 0 Å². The molecule has 1 amide bonds. The highest BCUT2D eigenvalue weighted by molar-refractivity contribution is 5.86. The van der Waals surface area contributed by atoms with Crippen LogP contribution in [0.3, 0.4) is 0 Å². The van der Waals surface area contributed by atoms with Crippen molar-refractivity contribution in [3.63, 3.8) is 0 Å². The van der Waals surface area contributed by atoms with Gasteiger partial charge in [-0.1, -0.05) is 0 Å². The highest BCUT2D eigenvalue weighted by Gasteiger charge is 2.49. The van der Waals surface area contributed by atoms with Gasteiger partial charge in [0, 0.05) is 18.6 Å². The minimum absolute atomic E-state index is 0.232. The summed E-state index contributed by atoms with van der Waals surface area (Å²) in [6.07, 6.45) is 6.28. The molecule has 0 aromatic heterocycles. The second-order valence-electron chi connectivity index (χ2n) is 6.36. The maximum absolute atomic E-state index is 14.1. The molecule has 0 radical (unpaired) electrons. The fourth-order valence-corrected chi connectivity index (χ4v) is 3.82. The number of piperidine rings is 1. The third-order valence-electron chi connectivity index (χ3n) is 5.46. The van der Waals surface area contributed by atoms with Crippen molar-refractivity contribution in [2.24, 2.45) is 0 Å². The number of likely N-dealkylation sites (tertiary alicyclic amines) is 2. The Kier molecular flexibility index (Phi) is 2.88. The van der Waals surface area contributed by atoms with E-state index in [1.165, 1.54) is 19.4 Å². The molecular formula is C14H23FN2O. The number of halogens is 1. The minimum Gasteiger partial charge on any atom is -0.340 e. The highest BCUT2D eigenvalue weighted by atomic mass is 19.1. The summed E-state index contributed by atoms with van der Waals surface area (Å²) in [4.78, 5) is 16.3. The van der Waals surface area contributed by atoms with E-state index in [2.05, 4.69) is 11.9 Å². The molecule has 0 aromatic rings. The van der Waals surface area contributed by atoms with E-state index in [9.17, 15) is 9.18 Å². The molecule has 3 fully saturated rings. The quantitative estimate of drug-likeness (QED) is 0.714. The van der Waals surface area contributed by atoms with Gasteiger partial charge in [0.15, 0.2) is 5.67 Å². The fourth-order valence-electron chi connectivity index (χ4n) is 3.82. The first-order valence-electron chi connectivity index (χ1n) is 7.25. The molecule has 3 rings (SSSR count). The molecule has 2 heterocycles. The second-order valence-corrected chi connectivity index (χ2v) is 6.36. The Morgan fingerprint density at radius 3 is 2.11 bits per heavy atom. The van der Waals surface area contributed by atoms with Crippen LogP contribution in [0.15, 0.2) is 0 Å². The lowest BCUT2D eigenvalue weighted by atomic mass is 9.79. The summed E-state index contributed by atoms with van der Waals surface area (Å²) in [6, 6.07) is 0. The summed E-state index contributed by atoms with van der Waals surface area (Å²) in [7, 11) is 2.19. The number of nitrogens with zero attached hydrogens (tertiary/aromatic N) is 2. The fraction of sp³-hybridized carbons (Fsp3) is 0.929. The van der Waals surface area contributed by atoms with Crippen LogP contribution in [-0.2, 0) is 4.79 Å². The van der Waals surface area contributed by atoms with Crippen LogP contribution in [0.1, 0.15) is 44.9 Å². The molecular weight excluding hydrogens is 231 g/mol. The molecule has 1 aliphatic carbocycles. The lowest BCUT2D eigenvalue weighted by Gasteiger charge is -2.46. The molecule has 3 aliphatic rings. The van der Waals surface area contributed by atoms with Crippen LogP contribution in [0, 0.1) is 0 Å². The summed E-state index contributed by atoms with van der Waals surface area (Å²) in [6.45, 7) is 2.66. The molecule has 3 nitrogen and oxygen atoms in total. The molecule has 0 bridgehead atoms. The van der Waals surface area contributed by atoms with E-state index in [1.807, 2.05) is 0 Å². The third kappa shape index (κ3) is 1.77. The van der Waals surface area contributed by atoms with E-state index < -0.39 is 5.67 Å². The van der Waals surface area contributed by atoms with Gasteiger partial charge in [-0.3, -0.25) is 4.79 Å². The van der Waals surface area contributed by atoms with E-state index in [4.69, 9.17) is 0 Å². The molecule has 0 N–H and O–H groups in total. The number of alkyl halides is 1. The smallest absolute Gasteiger partial charge is 0.260 e. The van der Waals surface area contributed by atoms with Crippen LogP contribution in [0.5, 0.6) is 0 Å². The first-order valence-corrected chi connectivity index (χ1v) is 7.25. The van der Waals surface area contributed by atoms with Crippen molar-refractivity contribution in [2.45, 2.75) is 56.2 Å². The number of hydrogen-bond donors (Lipinski definition) is 0.